The van der Waals surface area contributed by atoms with Crippen LogP contribution in [-0.4, -0.2) is 34.9 Å². The van der Waals surface area contributed by atoms with E-state index in [4.69, 9.17) is 4.74 Å². The van der Waals surface area contributed by atoms with Gasteiger partial charge in [-0.1, -0.05) is 30.3 Å². The molecule has 0 unspecified atom stereocenters. The van der Waals surface area contributed by atoms with Gasteiger partial charge >= 0.3 is 6.09 Å². The maximum absolute atomic E-state index is 12.2. The van der Waals surface area contributed by atoms with E-state index in [0.717, 1.165) is 5.56 Å². The summed E-state index contributed by atoms with van der Waals surface area (Å²) in [6.07, 6.45) is 3.25. The number of aromatic nitrogens is 1. The van der Waals surface area contributed by atoms with E-state index in [1.165, 1.54) is 6.07 Å². The number of piperidine rings is 1. The molecule has 1 amide bonds. The van der Waals surface area contributed by atoms with Gasteiger partial charge < -0.3 is 14.2 Å². The Morgan fingerprint density at radius 1 is 1.12 bits per heavy atom. The van der Waals surface area contributed by atoms with E-state index < -0.39 is 0 Å². The van der Waals surface area contributed by atoms with Crippen LogP contribution in [0.2, 0.25) is 0 Å². The molecule has 1 aliphatic rings. The molecule has 6 nitrogen and oxygen atoms in total. The van der Waals surface area contributed by atoms with Crippen LogP contribution in [0.1, 0.15) is 34.8 Å². The Labute approximate surface area is 145 Å². The molecule has 6 heteroatoms. The van der Waals surface area contributed by atoms with Crippen LogP contribution in [0.3, 0.4) is 0 Å². The number of carbonyl (C=O) groups excluding carboxylic acids is 2. The number of likely N-dealkylation sites (tertiary alicyclic amines) is 1. The fourth-order valence-electron chi connectivity index (χ4n) is 3.04. The normalized spacial score (nSPS) is 15.0. The third-order valence-corrected chi connectivity index (χ3v) is 4.45. The first kappa shape index (κ1) is 17.0. The van der Waals surface area contributed by atoms with Crippen LogP contribution in [0.4, 0.5) is 4.79 Å². The molecule has 1 saturated heterocycles. The molecule has 0 N–H and O–H groups in total. The molecule has 0 saturated carbocycles. The summed E-state index contributed by atoms with van der Waals surface area (Å²) in [6.45, 7) is 1.30. The van der Waals surface area contributed by atoms with Gasteiger partial charge in [-0.15, -0.1) is 0 Å². The Morgan fingerprint density at radius 2 is 1.84 bits per heavy atom. The summed E-state index contributed by atoms with van der Waals surface area (Å²) in [5, 5.41) is 0. The number of rotatable bonds is 4. The van der Waals surface area contributed by atoms with Gasteiger partial charge in [0.05, 0.1) is 5.56 Å². The smallest absolute Gasteiger partial charge is 0.410 e. The van der Waals surface area contributed by atoms with Gasteiger partial charge in [0, 0.05) is 25.3 Å². The van der Waals surface area contributed by atoms with Crippen molar-refractivity contribution < 1.29 is 14.3 Å². The van der Waals surface area contributed by atoms with Crippen molar-refractivity contribution in [3.63, 3.8) is 0 Å². The second kappa shape index (κ2) is 7.79. The number of amides is 1. The van der Waals surface area contributed by atoms with E-state index in [9.17, 15) is 14.4 Å². The van der Waals surface area contributed by atoms with Crippen LogP contribution in [0.25, 0.3) is 0 Å². The predicted molar refractivity (Wildman–Crippen MR) is 92.6 cm³/mol. The molecular weight excluding hydrogens is 320 g/mol. The van der Waals surface area contributed by atoms with Crippen molar-refractivity contribution in [2.75, 3.05) is 13.1 Å². The molecule has 0 bridgehead atoms. The quantitative estimate of drug-likeness (QED) is 0.803. The summed E-state index contributed by atoms with van der Waals surface area (Å²) in [5.41, 5.74) is 0.831. The highest BCUT2D eigenvalue weighted by atomic mass is 16.6. The first-order valence-electron chi connectivity index (χ1n) is 8.31. The van der Waals surface area contributed by atoms with E-state index in [1.807, 2.05) is 30.3 Å². The summed E-state index contributed by atoms with van der Waals surface area (Å²) in [6, 6.07) is 12.7. The number of benzene rings is 1. The van der Waals surface area contributed by atoms with E-state index in [2.05, 4.69) is 0 Å². The standard InChI is InChI=1S/C19H20N2O4/c22-13-16-7-4-10-21(18(16)23)17-8-11-20(12-9-17)19(24)25-14-15-5-2-1-3-6-15/h1-7,10,13,17H,8-9,11-12,14H2. The summed E-state index contributed by atoms with van der Waals surface area (Å²) in [5.74, 6) is 0. The number of ether oxygens (including phenoxy) is 1. The van der Waals surface area contributed by atoms with Gasteiger partial charge in [0.1, 0.15) is 6.61 Å². The third-order valence-electron chi connectivity index (χ3n) is 4.45. The van der Waals surface area contributed by atoms with Crippen LogP contribution in [0.15, 0.2) is 53.5 Å². The molecule has 130 valence electrons. The molecule has 0 spiro atoms. The van der Waals surface area contributed by atoms with Gasteiger partial charge in [0.25, 0.3) is 5.56 Å². The minimum absolute atomic E-state index is 0.00873. The van der Waals surface area contributed by atoms with E-state index in [1.54, 1.807) is 21.7 Å². The first-order chi connectivity index (χ1) is 12.2. The number of carbonyl (C=O) groups is 2. The molecular formula is C19H20N2O4. The minimum Gasteiger partial charge on any atom is -0.445 e. The molecule has 0 atom stereocenters. The number of pyridine rings is 1. The molecule has 3 rings (SSSR count). The van der Waals surface area contributed by atoms with Gasteiger partial charge in [0.15, 0.2) is 6.29 Å². The van der Waals surface area contributed by atoms with Crippen LogP contribution in [0.5, 0.6) is 0 Å². The predicted octanol–water partition coefficient (Wildman–Crippen LogP) is 2.63. The maximum Gasteiger partial charge on any atom is 0.410 e. The van der Waals surface area contributed by atoms with Gasteiger partial charge in [-0.2, -0.15) is 0 Å². The SMILES string of the molecule is O=Cc1cccn(C2CCN(C(=O)OCc3ccccc3)CC2)c1=O. The largest absolute Gasteiger partial charge is 0.445 e. The molecule has 0 aliphatic carbocycles. The maximum atomic E-state index is 12.2. The van der Waals surface area contributed by atoms with E-state index >= 15 is 0 Å². The Morgan fingerprint density at radius 3 is 2.52 bits per heavy atom. The lowest BCUT2D eigenvalue weighted by atomic mass is 10.0. The summed E-state index contributed by atoms with van der Waals surface area (Å²) in [7, 11) is 0. The molecule has 1 aromatic heterocycles. The lowest BCUT2D eigenvalue weighted by molar-refractivity contribution is 0.0828. The third kappa shape index (κ3) is 3.96. The van der Waals surface area contributed by atoms with Gasteiger partial charge in [-0.05, 0) is 30.5 Å². The topological polar surface area (TPSA) is 68.6 Å². The molecule has 25 heavy (non-hydrogen) atoms. The zero-order chi connectivity index (χ0) is 17.6. The van der Waals surface area contributed by atoms with Crippen LogP contribution >= 0.6 is 0 Å². The summed E-state index contributed by atoms with van der Waals surface area (Å²) < 4.78 is 6.93. The zero-order valence-electron chi connectivity index (χ0n) is 13.8. The van der Waals surface area contributed by atoms with E-state index in [-0.39, 0.29) is 29.9 Å². The lowest BCUT2D eigenvalue weighted by Gasteiger charge is -2.32. The van der Waals surface area contributed by atoms with Crippen molar-refractivity contribution in [3.05, 3.63) is 70.1 Å². The van der Waals surface area contributed by atoms with Crippen molar-refractivity contribution in [1.29, 1.82) is 0 Å². The average molecular weight is 340 g/mol. The van der Waals surface area contributed by atoms with Crippen molar-refractivity contribution in [2.24, 2.45) is 0 Å². The molecule has 2 aromatic rings. The summed E-state index contributed by atoms with van der Waals surface area (Å²) in [4.78, 5) is 36.9. The number of nitrogens with zero attached hydrogens (tertiary/aromatic N) is 2. The van der Waals surface area contributed by atoms with Crippen molar-refractivity contribution in [1.82, 2.24) is 9.47 Å². The second-order valence-electron chi connectivity index (χ2n) is 6.05. The number of aldehydes is 1. The van der Waals surface area contributed by atoms with Crippen molar-refractivity contribution >= 4 is 12.4 Å². The Hall–Kier alpha value is -2.89. The highest BCUT2D eigenvalue weighted by molar-refractivity contribution is 5.73. The van der Waals surface area contributed by atoms with Gasteiger partial charge in [0.2, 0.25) is 0 Å². The minimum atomic E-state index is -0.337. The summed E-state index contributed by atoms with van der Waals surface area (Å²) >= 11 is 0. The Balaban J connectivity index is 1.56. The molecule has 1 aromatic carbocycles. The first-order valence-corrected chi connectivity index (χ1v) is 8.31. The Bertz CT molecular complexity index is 793. The number of hydrogen-bond acceptors (Lipinski definition) is 4. The fourth-order valence-corrected chi connectivity index (χ4v) is 3.04. The van der Waals surface area contributed by atoms with Crippen molar-refractivity contribution in [2.45, 2.75) is 25.5 Å². The zero-order valence-corrected chi connectivity index (χ0v) is 13.8. The van der Waals surface area contributed by atoms with Crippen LogP contribution < -0.4 is 5.56 Å². The molecule has 2 heterocycles. The van der Waals surface area contributed by atoms with Gasteiger partial charge in [-0.3, -0.25) is 9.59 Å². The molecule has 1 aliphatic heterocycles. The van der Waals surface area contributed by atoms with Crippen LogP contribution in [0, 0.1) is 0 Å². The fraction of sp³-hybridized carbons (Fsp3) is 0.316. The Kier molecular flexibility index (Phi) is 5.28. The van der Waals surface area contributed by atoms with Crippen molar-refractivity contribution in [3.8, 4) is 0 Å². The van der Waals surface area contributed by atoms with Crippen LogP contribution in [-0.2, 0) is 11.3 Å². The lowest BCUT2D eigenvalue weighted by Crippen LogP contribution is -2.41. The monoisotopic (exact) mass is 340 g/mol. The molecule has 0 radical (unpaired) electrons. The highest BCUT2D eigenvalue weighted by Crippen LogP contribution is 2.21. The second-order valence-corrected chi connectivity index (χ2v) is 6.05. The highest BCUT2D eigenvalue weighted by Gasteiger charge is 2.25. The average Bonchev–Trinajstić information content (AvgIpc) is 2.67. The molecule has 1 fully saturated rings. The van der Waals surface area contributed by atoms with Gasteiger partial charge in [-0.25, -0.2) is 4.79 Å². The van der Waals surface area contributed by atoms with E-state index in [0.29, 0.717) is 32.2 Å². The number of hydrogen-bond donors (Lipinski definition) is 0.